The van der Waals surface area contributed by atoms with E-state index in [1.165, 1.54) is 38.2 Å². The van der Waals surface area contributed by atoms with Crippen molar-refractivity contribution < 1.29 is 23.4 Å². The fourth-order valence-electron chi connectivity index (χ4n) is 3.53. The molecular formula is C24H37FO4. The van der Waals surface area contributed by atoms with Crippen LogP contribution in [0.25, 0.3) is 0 Å². The molecule has 29 heavy (non-hydrogen) atoms. The lowest BCUT2D eigenvalue weighted by Crippen LogP contribution is -2.27. The molecule has 0 bridgehead atoms. The summed E-state index contributed by atoms with van der Waals surface area (Å²) in [6.07, 6.45) is 10.8. The lowest BCUT2D eigenvalue weighted by molar-refractivity contribution is -0.207. The first-order chi connectivity index (χ1) is 14.2. The first-order valence-electron chi connectivity index (χ1n) is 11.4. The molecule has 1 fully saturated rings. The standard InChI is InChI=1S/C24H37FO4/c1-3-5-7-8-9-10-11-15-27-23(26)20-13-14-21(22(25)16-20)24-28-17-19(18-29-24)12-6-4-2/h13-14,16,19,24H,3-12,15,17-18H2,1-2H3. The van der Waals surface area contributed by atoms with Gasteiger partial charge in [0.15, 0.2) is 6.29 Å². The summed E-state index contributed by atoms with van der Waals surface area (Å²) in [5, 5.41) is 0. The van der Waals surface area contributed by atoms with Crippen LogP contribution in [-0.2, 0) is 14.2 Å². The highest BCUT2D eigenvalue weighted by molar-refractivity contribution is 5.89. The minimum absolute atomic E-state index is 0.228. The lowest BCUT2D eigenvalue weighted by Gasteiger charge is -2.29. The molecule has 0 aromatic heterocycles. The first-order valence-corrected chi connectivity index (χ1v) is 11.4. The Labute approximate surface area is 175 Å². The van der Waals surface area contributed by atoms with Crippen LogP contribution in [0.1, 0.15) is 100 Å². The lowest BCUT2D eigenvalue weighted by atomic mass is 10.0. The van der Waals surface area contributed by atoms with Gasteiger partial charge in [-0.3, -0.25) is 0 Å². The number of hydrogen-bond donors (Lipinski definition) is 0. The minimum Gasteiger partial charge on any atom is -0.462 e. The second kappa shape index (κ2) is 13.7. The molecule has 0 unspecified atom stereocenters. The SMILES string of the molecule is CCCCCCCCCOC(=O)c1ccc(C2OCC(CCCC)CO2)c(F)c1. The normalized spacial score (nSPS) is 19.3. The molecule has 0 aliphatic carbocycles. The van der Waals surface area contributed by atoms with Crippen molar-refractivity contribution in [2.24, 2.45) is 5.92 Å². The highest BCUT2D eigenvalue weighted by atomic mass is 19.1. The average molecular weight is 409 g/mol. The van der Waals surface area contributed by atoms with Crippen LogP contribution in [-0.4, -0.2) is 25.8 Å². The molecule has 0 atom stereocenters. The van der Waals surface area contributed by atoms with Gasteiger partial charge in [0, 0.05) is 11.5 Å². The predicted molar refractivity (Wildman–Crippen MR) is 112 cm³/mol. The van der Waals surface area contributed by atoms with E-state index >= 15 is 0 Å². The summed E-state index contributed by atoms with van der Waals surface area (Å²) in [5.41, 5.74) is 0.563. The van der Waals surface area contributed by atoms with Gasteiger partial charge in [-0.25, -0.2) is 9.18 Å². The van der Waals surface area contributed by atoms with Crippen molar-refractivity contribution in [3.05, 3.63) is 35.1 Å². The van der Waals surface area contributed by atoms with Crippen LogP contribution < -0.4 is 0 Å². The maximum atomic E-state index is 14.5. The zero-order valence-electron chi connectivity index (χ0n) is 18.1. The molecule has 2 rings (SSSR count). The number of esters is 1. The molecule has 164 valence electrons. The second-order valence-electron chi connectivity index (χ2n) is 8.00. The van der Waals surface area contributed by atoms with Crippen molar-refractivity contribution in [3.8, 4) is 0 Å². The van der Waals surface area contributed by atoms with Crippen molar-refractivity contribution >= 4 is 5.97 Å². The third kappa shape index (κ3) is 8.43. The molecule has 4 nitrogen and oxygen atoms in total. The van der Waals surface area contributed by atoms with Crippen LogP contribution in [0.3, 0.4) is 0 Å². The monoisotopic (exact) mass is 408 g/mol. The van der Waals surface area contributed by atoms with Crippen molar-refractivity contribution in [2.75, 3.05) is 19.8 Å². The molecule has 0 amide bonds. The van der Waals surface area contributed by atoms with Gasteiger partial charge in [-0.15, -0.1) is 0 Å². The summed E-state index contributed by atoms with van der Waals surface area (Å²) < 4.78 is 31.2. The van der Waals surface area contributed by atoms with Gasteiger partial charge in [0.25, 0.3) is 0 Å². The van der Waals surface area contributed by atoms with E-state index in [-0.39, 0.29) is 5.56 Å². The maximum Gasteiger partial charge on any atom is 0.338 e. The largest absolute Gasteiger partial charge is 0.462 e. The Balaban J connectivity index is 1.72. The summed E-state index contributed by atoms with van der Waals surface area (Å²) in [4.78, 5) is 12.2. The molecule has 1 aromatic rings. The second-order valence-corrected chi connectivity index (χ2v) is 8.00. The van der Waals surface area contributed by atoms with E-state index in [2.05, 4.69) is 13.8 Å². The van der Waals surface area contributed by atoms with Crippen LogP contribution in [0.5, 0.6) is 0 Å². The van der Waals surface area contributed by atoms with Gasteiger partial charge < -0.3 is 14.2 Å². The third-order valence-corrected chi connectivity index (χ3v) is 5.40. The molecule has 1 saturated heterocycles. The number of unbranched alkanes of at least 4 members (excludes halogenated alkanes) is 7. The van der Waals surface area contributed by atoms with Gasteiger partial charge in [-0.2, -0.15) is 0 Å². The Hall–Kier alpha value is -1.46. The molecule has 0 spiro atoms. The van der Waals surface area contributed by atoms with Crippen molar-refractivity contribution in [1.82, 2.24) is 0 Å². The summed E-state index contributed by atoms with van der Waals surface area (Å²) in [6, 6.07) is 4.37. The zero-order chi connectivity index (χ0) is 20.9. The average Bonchev–Trinajstić information content (AvgIpc) is 2.74. The smallest absolute Gasteiger partial charge is 0.338 e. The number of carbonyl (C=O) groups is 1. The molecule has 0 radical (unpaired) electrons. The number of halogens is 1. The Morgan fingerprint density at radius 1 is 1.00 bits per heavy atom. The number of ether oxygens (including phenoxy) is 3. The summed E-state index contributed by atoms with van der Waals surface area (Å²) in [5.74, 6) is -0.603. The van der Waals surface area contributed by atoms with Gasteiger partial charge in [0.1, 0.15) is 5.82 Å². The third-order valence-electron chi connectivity index (χ3n) is 5.40. The quantitative estimate of drug-likeness (QED) is 0.273. The molecule has 1 aromatic carbocycles. The summed E-state index contributed by atoms with van der Waals surface area (Å²) >= 11 is 0. The van der Waals surface area contributed by atoms with E-state index < -0.39 is 18.1 Å². The fraction of sp³-hybridized carbons (Fsp3) is 0.708. The number of rotatable bonds is 13. The Bertz CT molecular complexity index is 597. The van der Waals surface area contributed by atoms with E-state index in [9.17, 15) is 9.18 Å². The Kier molecular flexibility index (Phi) is 11.3. The van der Waals surface area contributed by atoms with E-state index in [0.717, 1.165) is 32.1 Å². The van der Waals surface area contributed by atoms with E-state index in [1.807, 2.05) is 0 Å². The summed E-state index contributed by atoms with van der Waals surface area (Å²) in [7, 11) is 0. The topological polar surface area (TPSA) is 44.8 Å². The number of benzene rings is 1. The van der Waals surface area contributed by atoms with Crippen molar-refractivity contribution in [1.29, 1.82) is 0 Å². The van der Waals surface area contributed by atoms with E-state index in [1.54, 1.807) is 12.1 Å². The van der Waals surface area contributed by atoms with Crippen molar-refractivity contribution in [2.45, 2.75) is 84.3 Å². The molecule has 1 heterocycles. The van der Waals surface area contributed by atoms with E-state index in [4.69, 9.17) is 14.2 Å². The van der Waals surface area contributed by atoms with Crippen LogP contribution in [0, 0.1) is 11.7 Å². The fourth-order valence-corrected chi connectivity index (χ4v) is 3.53. The van der Waals surface area contributed by atoms with Crippen molar-refractivity contribution in [3.63, 3.8) is 0 Å². The van der Waals surface area contributed by atoms with Gasteiger partial charge >= 0.3 is 5.97 Å². The highest BCUT2D eigenvalue weighted by Crippen LogP contribution is 2.29. The molecule has 1 aliphatic heterocycles. The number of carbonyl (C=O) groups excluding carboxylic acids is 1. The minimum atomic E-state index is -0.703. The van der Waals surface area contributed by atoms with Gasteiger partial charge in [0.2, 0.25) is 0 Å². The van der Waals surface area contributed by atoms with Gasteiger partial charge in [0.05, 0.1) is 25.4 Å². The van der Waals surface area contributed by atoms with Gasteiger partial charge in [-0.1, -0.05) is 71.3 Å². The molecule has 5 heteroatoms. The van der Waals surface area contributed by atoms with Gasteiger partial charge in [-0.05, 0) is 25.0 Å². The Morgan fingerprint density at radius 3 is 2.31 bits per heavy atom. The summed E-state index contributed by atoms with van der Waals surface area (Å²) in [6.45, 7) is 5.89. The molecular weight excluding hydrogens is 371 g/mol. The number of hydrogen-bond acceptors (Lipinski definition) is 4. The van der Waals surface area contributed by atoms with Crippen LogP contribution in [0.4, 0.5) is 4.39 Å². The predicted octanol–water partition coefficient (Wildman–Crippen LogP) is 6.58. The van der Waals surface area contributed by atoms with E-state index in [0.29, 0.717) is 31.3 Å². The molecule has 0 N–H and O–H groups in total. The van der Waals surface area contributed by atoms with Crippen LogP contribution in [0.15, 0.2) is 18.2 Å². The highest BCUT2D eigenvalue weighted by Gasteiger charge is 2.26. The zero-order valence-corrected chi connectivity index (χ0v) is 18.1. The molecule has 0 saturated carbocycles. The maximum absolute atomic E-state index is 14.5. The Morgan fingerprint density at radius 2 is 1.66 bits per heavy atom. The molecule has 1 aliphatic rings. The van der Waals surface area contributed by atoms with Crippen LogP contribution >= 0.6 is 0 Å². The first kappa shape index (κ1) is 23.8. The van der Waals surface area contributed by atoms with Crippen LogP contribution in [0.2, 0.25) is 0 Å².